The molecule has 1 saturated heterocycles. The fraction of sp³-hybridized carbons (Fsp3) is 0.857. The highest BCUT2D eigenvalue weighted by Gasteiger charge is 2.78. The van der Waals surface area contributed by atoms with Crippen LogP contribution in [0, 0.1) is 11.3 Å². The van der Waals surface area contributed by atoms with Crippen molar-refractivity contribution in [1.29, 1.82) is 0 Å². The van der Waals surface area contributed by atoms with Gasteiger partial charge in [0.05, 0.1) is 12.2 Å². The Kier molecular flexibility index (Phi) is 5.71. The van der Waals surface area contributed by atoms with E-state index >= 15 is 0 Å². The molecule has 9 nitrogen and oxygen atoms in total. The molecule has 9 heteroatoms. The Bertz CT molecular complexity index is 738. The van der Waals surface area contributed by atoms with Crippen LogP contribution in [0.25, 0.3) is 0 Å². The van der Waals surface area contributed by atoms with Gasteiger partial charge >= 0.3 is 17.9 Å². The van der Waals surface area contributed by atoms with Gasteiger partial charge in [-0.1, -0.05) is 6.92 Å². The number of fused-ring (bicyclic) bond motifs is 1. The lowest BCUT2D eigenvalue weighted by molar-refractivity contribution is -0.323. The third-order valence-corrected chi connectivity index (χ3v) is 7.52. The Morgan fingerprint density at radius 2 is 1.63 bits per heavy atom. The van der Waals surface area contributed by atoms with Crippen LogP contribution in [0.4, 0.5) is 0 Å². The van der Waals surface area contributed by atoms with Crippen molar-refractivity contribution in [1.82, 2.24) is 0 Å². The minimum atomic E-state index is -1.89. The largest absolute Gasteiger partial charge is 0.463 e. The van der Waals surface area contributed by atoms with E-state index in [1.165, 1.54) is 20.8 Å². The Morgan fingerprint density at radius 1 is 1.03 bits per heavy atom. The lowest BCUT2D eigenvalue weighted by Crippen LogP contribution is -2.76. The summed E-state index contributed by atoms with van der Waals surface area (Å²) in [6.45, 7) is 6.68. The molecular formula is C21H32O9. The zero-order valence-corrected chi connectivity index (χ0v) is 18.2. The van der Waals surface area contributed by atoms with Crippen molar-refractivity contribution in [3.05, 3.63) is 0 Å². The second-order valence-electron chi connectivity index (χ2n) is 9.39. The molecule has 3 rings (SSSR count). The summed E-state index contributed by atoms with van der Waals surface area (Å²) in [4.78, 5) is 35.2. The number of hydrogen-bond acceptors (Lipinski definition) is 9. The molecule has 0 aromatic rings. The molecule has 2 bridgehead atoms. The van der Waals surface area contributed by atoms with E-state index in [0.717, 1.165) is 0 Å². The highest BCUT2D eigenvalue weighted by Crippen LogP contribution is 2.67. The summed E-state index contributed by atoms with van der Waals surface area (Å²) in [5.41, 5.74) is -5.11. The molecule has 0 aromatic heterocycles. The van der Waals surface area contributed by atoms with Gasteiger partial charge < -0.3 is 29.2 Å². The molecule has 3 aliphatic rings. The molecule has 2 aliphatic carbocycles. The Labute approximate surface area is 176 Å². The molecule has 2 saturated carbocycles. The smallest absolute Gasteiger partial charge is 0.303 e. The average Bonchev–Trinajstić information content (AvgIpc) is 2.91. The Hall–Kier alpha value is -1.71. The van der Waals surface area contributed by atoms with Crippen LogP contribution in [0.2, 0.25) is 0 Å². The standard InChI is InChI=1S/C21H32O9/c1-12(23)27-11-20(26)16(28-13(2)24)6-7-18(4)17(29-14(3)25)8-15-9-21(18,20)30-19(15,5)10-22/h15-17,22,26H,6-11H2,1-5H3/t15-,16-,17-,18+,19+,20-,21-/m1/s1. The fourth-order valence-corrected chi connectivity index (χ4v) is 5.92. The highest BCUT2D eigenvalue weighted by molar-refractivity contribution is 5.67. The predicted molar refractivity (Wildman–Crippen MR) is 102 cm³/mol. The molecule has 1 aliphatic heterocycles. The maximum Gasteiger partial charge on any atom is 0.303 e. The zero-order valence-electron chi connectivity index (χ0n) is 18.2. The first-order valence-corrected chi connectivity index (χ1v) is 10.3. The first-order valence-electron chi connectivity index (χ1n) is 10.3. The van der Waals surface area contributed by atoms with Crippen LogP contribution in [0.5, 0.6) is 0 Å². The van der Waals surface area contributed by atoms with Gasteiger partial charge in [0.15, 0.2) is 5.60 Å². The quantitative estimate of drug-likeness (QED) is 0.484. The molecule has 170 valence electrons. The van der Waals surface area contributed by atoms with E-state index < -0.39 is 58.9 Å². The van der Waals surface area contributed by atoms with Crippen LogP contribution < -0.4 is 0 Å². The van der Waals surface area contributed by atoms with Gasteiger partial charge in [0.1, 0.15) is 24.4 Å². The van der Waals surface area contributed by atoms with Crippen LogP contribution in [0.3, 0.4) is 0 Å². The van der Waals surface area contributed by atoms with E-state index in [2.05, 4.69) is 0 Å². The molecule has 1 spiro atoms. The summed E-state index contributed by atoms with van der Waals surface area (Å²) >= 11 is 0. The number of carbonyl (C=O) groups is 3. The minimum absolute atomic E-state index is 0.222. The number of carbonyl (C=O) groups excluding carboxylic acids is 3. The highest BCUT2D eigenvalue weighted by atomic mass is 16.6. The lowest BCUT2D eigenvalue weighted by Gasteiger charge is -2.62. The average molecular weight is 428 g/mol. The third-order valence-electron chi connectivity index (χ3n) is 7.52. The van der Waals surface area contributed by atoms with Crippen molar-refractivity contribution in [3.63, 3.8) is 0 Å². The molecule has 2 N–H and O–H groups in total. The third kappa shape index (κ3) is 3.22. The van der Waals surface area contributed by atoms with Crippen molar-refractivity contribution in [2.24, 2.45) is 11.3 Å². The lowest BCUT2D eigenvalue weighted by atomic mass is 9.49. The van der Waals surface area contributed by atoms with Crippen molar-refractivity contribution in [2.45, 2.75) is 89.3 Å². The van der Waals surface area contributed by atoms with Gasteiger partial charge in [-0.25, -0.2) is 0 Å². The van der Waals surface area contributed by atoms with Crippen LogP contribution in [0.1, 0.15) is 60.3 Å². The van der Waals surface area contributed by atoms with E-state index in [4.69, 9.17) is 18.9 Å². The van der Waals surface area contributed by atoms with Gasteiger partial charge in [0.25, 0.3) is 0 Å². The molecule has 7 atom stereocenters. The fourth-order valence-electron chi connectivity index (χ4n) is 5.92. The first kappa shape index (κ1) is 23.0. The summed E-state index contributed by atoms with van der Waals surface area (Å²) < 4.78 is 22.9. The number of aliphatic hydroxyl groups excluding tert-OH is 1. The van der Waals surface area contributed by atoms with Crippen molar-refractivity contribution >= 4 is 17.9 Å². The van der Waals surface area contributed by atoms with Crippen LogP contribution in [-0.4, -0.2) is 70.3 Å². The van der Waals surface area contributed by atoms with E-state index in [9.17, 15) is 24.6 Å². The topological polar surface area (TPSA) is 129 Å². The summed E-state index contributed by atoms with van der Waals surface area (Å²) in [6.07, 6.45) is -0.0362. The SMILES string of the molecule is CC(=O)OC[C@@]1(O)[C@H](OC(C)=O)CC[C@@]2(C)[C@H](OC(C)=O)C[C@@H]3C[C@@]21O[C@@]3(C)CO. The minimum Gasteiger partial charge on any atom is -0.463 e. The molecule has 0 aromatic carbocycles. The normalized spacial score (nSPS) is 44.7. The number of rotatable bonds is 5. The monoisotopic (exact) mass is 428 g/mol. The van der Waals surface area contributed by atoms with E-state index in [1.54, 1.807) is 6.92 Å². The van der Waals surface area contributed by atoms with E-state index in [1.807, 2.05) is 6.92 Å². The number of aliphatic hydroxyl groups is 2. The maximum atomic E-state index is 12.0. The van der Waals surface area contributed by atoms with Crippen LogP contribution >= 0.6 is 0 Å². The summed E-state index contributed by atoms with van der Waals surface area (Å²) in [6, 6.07) is 0. The van der Waals surface area contributed by atoms with Crippen molar-refractivity contribution < 1.29 is 43.5 Å². The molecule has 0 unspecified atom stereocenters. The second-order valence-corrected chi connectivity index (χ2v) is 9.39. The second kappa shape index (κ2) is 7.46. The number of ether oxygens (including phenoxy) is 4. The van der Waals surface area contributed by atoms with Gasteiger partial charge in [0.2, 0.25) is 0 Å². The van der Waals surface area contributed by atoms with Crippen molar-refractivity contribution in [3.8, 4) is 0 Å². The van der Waals surface area contributed by atoms with Gasteiger partial charge in [-0.3, -0.25) is 14.4 Å². The van der Waals surface area contributed by atoms with Crippen LogP contribution in [-0.2, 0) is 33.3 Å². The predicted octanol–water partition coefficient (Wildman–Crippen LogP) is 0.874. The van der Waals surface area contributed by atoms with E-state index in [0.29, 0.717) is 19.3 Å². The molecule has 0 radical (unpaired) electrons. The van der Waals surface area contributed by atoms with Crippen LogP contribution in [0.15, 0.2) is 0 Å². The molecule has 1 heterocycles. The van der Waals surface area contributed by atoms with E-state index in [-0.39, 0.29) is 18.9 Å². The Balaban J connectivity index is 2.16. The van der Waals surface area contributed by atoms with Gasteiger partial charge in [-0.2, -0.15) is 0 Å². The first-order chi connectivity index (χ1) is 13.8. The zero-order chi connectivity index (χ0) is 22.5. The van der Waals surface area contributed by atoms with Gasteiger partial charge in [-0.05, 0) is 38.5 Å². The van der Waals surface area contributed by atoms with Crippen molar-refractivity contribution in [2.75, 3.05) is 13.2 Å². The summed E-state index contributed by atoms with van der Waals surface area (Å²) in [5.74, 6) is -1.84. The maximum absolute atomic E-state index is 12.0. The molecule has 0 amide bonds. The molecule has 30 heavy (non-hydrogen) atoms. The van der Waals surface area contributed by atoms with Gasteiger partial charge in [-0.15, -0.1) is 0 Å². The number of hydrogen-bond donors (Lipinski definition) is 2. The summed E-state index contributed by atoms with van der Waals surface area (Å²) in [7, 11) is 0. The number of esters is 3. The van der Waals surface area contributed by atoms with Gasteiger partial charge in [0, 0.05) is 26.2 Å². The molecule has 3 fully saturated rings. The summed E-state index contributed by atoms with van der Waals surface area (Å²) in [5, 5.41) is 22.2. The molecular weight excluding hydrogens is 396 g/mol. The Morgan fingerprint density at radius 3 is 2.17 bits per heavy atom.